The van der Waals surface area contributed by atoms with Crippen LogP contribution >= 0.6 is 11.3 Å². The monoisotopic (exact) mass is 359 g/mol. The van der Waals surface area contributed by atoms with Crippen LogP contribution in [-0.2, 0) is 22.4 Å². The van der Waals surface area contributed by atoms with Crippen molar-refractivity contribution in [2.45, 2.75) is 33.1 Å². The average molecular weight is 359 g/mol. The third-order valence-electron chi connectivity index (χ3n) is 4.48. The van der Waals surface area contributed by atoms with Crippen LogP contribution < -0.4 is 10.1 Å². The topological polar surface area (TPSA) is 64.6 Å². The van der Waals surface area contributed by atoms with Gasteiger partial charge < -0.3 is 14.8 Å². The Bertz CT molecular complexity index is 825. The highest BCUT2D eigenvalue weighted by Crippen LogP contribution is 2.39. The molecule has 1 aliphatic rings. The van der Waals surface area contributed by atoms with Crippen LogP contribution in [-0.4, -0.2) is 25.6 Å². The minimum Gasteiger partial charge on any atom is -0.483 e. The van der Waals surface area contributed by atoms with Gasteiger partial charge in [0.25, 0.3) is 5.91 Å². The molecule has 6 heteroatoms. The Morgan fingerprint density at radius 2 is 2.04 bits per heavy atom. The molecule has 0 atom stereocenters. The summed E-state index contributed by atoms with van der Waals surface area (Å²) >= 11 is 1.46. The zero-order chi connectivity index (χ0) is 18.0. The van der Waals surface area contributed by atoms with Gasteiger partial charge in [-0.05, 0) is 55.9 Å². The third-order valence-corrected chi connectivity index (χ3v) is 5.68. The van der Waals surface area contributed by atoms with E-state index in [9.17, 15) is 9.59 Å². The van der Waals surface area contributed by atoms with Crippen LogP contribution in [0.3, 0.4) is 0 Å². The number of aryl methyl sites for hydroxylation is 2. The molecule has 0 bridgehead atoms. The van der Waals surface area contributed by atoms with E-state index >= 15 is 0 Å². The van der Waals surface area contributed by atoms with E-state index in [-0.39, 0.29) is 12.5 Å². The molecule has 0 saturated carbocycles. The van der Waals surface area contributed by atoms with Gasteiger partial charge in [-0.1, -0.05) is 12.1 Å². The molecule has 1 aromatic carbocycles. The summed E-state index contributed by atoms with van der Waals surface area (Å²) < 4.78 is 10.5. The van der Waals surface area contributed by atoms with Crippen LogP contribution in [0.5, 0.6) is 5.75 Å². The second kappa shape index (κ2) is 7.27. The number of fused-ring (bicyclic) bond motifs is 1. The van der Waals surface area contributed by atoms with Crippen molar-refractivity contribution in [3.63, 3.8) is 0 Å². The van der Waals surface area contributed by atoms with Crippen LogP contribution in [0.2, 0.25) is 0 Å². The lowest BCUT2D eigenvalue weighted by Gasteiger charge is -2.11. The summed E-state index contributed by atoms with van der Waals surface area (Å²) in [5.74, 6) is 0.00754. The van der Waals surface area contributed by atoms with Gasteiger partial charge in [0.2, 0.25) is 0 Å². The Morgan fingerprint density at radius 1 is 1.24 bits per heavy atom. The molecule has 25 heavy (non-hydrogen) atoms. The standard InChI is InChI=1S/C19H21NO4S/c1-11-6-4-8-14(12(11)2)24-10-16(21)20-18-17(19(22)23-3)13-7-5-9-15(13)25-18/h4,6,8H,5,7,9-10H2,1-3H3,(H,20,21). The summed E-state index contributed by atoms with van der Waals surface area (Å²) in [4.78, 5) is 25.5. The molecule has 1 heterocycles. The maximum Gasteiger partial charge on any atom is 0.341 e. The van der Waals surface area contributed by atoms with Crippen LogP contribution in [0.15, 0.2) is 18.2 Å². The maximum absolute atomic E-state index is 12.3. The third kappa shape index (κ3) is 3.54. The van der Waals surface area contributed by atoms with Crippen LogP contribution in [0, 0.1) is 13.8 Å². The van der Waals surface area contributed by atoms with Crippen molar-refractivity contribution in [2.24, 2.45) is 0 Å². The van der Waals surface area contributed by atoms with Gasteiger partial charge in [-0.3, -0.25) is 4.79 Å². The fourth-order valence-corrected chi connectivity index (χ4v) is 4.29. The number of benzene rings is 1. The molecule has 132 valence electrons. The predicted molar refractivity (Wildman–Crippen MR) is 97.7 cm³/mol. The summed E-state index contributed by atoms with van der Waals surface area (Å²) in [6, 6.07) is 5.74. The van der Waals surface area contributed by atoms with E-state index in [1.54, 1.807) is 0 Å². The smallest absolute Gasteiger partial charge is 0.341 e. The Hall–Kier alpha value is -2.34. The molecule has 0 aliphatic heterocycles. The van der Waals surface area contributed by atoms with Gasteiger partial charge >= 0.3 is 5.97 Å². The molecule has 2 aromatic rings. The van der Waals surface area contributed by atoms with E-state index in [4.69, 9.17) is 9.47 Å². The van der Waals surface area contributed by atoms with Crippen molar-refractivity contribution in [1.82, 2.24) is 0 Å². The van der Waals surface area contributed by atoms with Gasteiger partial charge in [0.15, 0.2) is 6.61 Å². The number of methoxy groups -OCH3 is 1. The summed E-state index contributed by atoms with van der Waals surface area (Å²) in [5, 5.41) is 3.37. The van der Waals surface area contributed by atoms with Crippen molar-refractivity contribution in [3.8, 4) is 5.75 Å². The van der Waals surface area contributed by atoms with Gasteiger partial charge in [0, 0.05) is 4.88 Å². The highest BCUT2D eigenvalue weighted by atomic mass is 32.1. The van der Waals surface area contributed by atoms with Gasteiger partial charge in [0.1, 0.15) is 10.8 Å². The number of amides is 1. The first-order valence-electron chi connectivity index (χ1n) is 8.23. The van der Waals surface area contributed by atoms with Gasteiger partial charge in [-0.15, -0.1) is 11.3 Å². The lowest BCUT2D eigenvalue weighted by Crippen LogP contribution is -2.21. The molecular formula is C19H21NO4S. The van der Waals surface area contributed by atoms with Crippen molar-refractivity contribution in [2.75, 3.05) is 19.0 Å². The summed E-state index contributed by atoms with van der Waals surface area (Å²) in [5.41, 5.74) is 3.64. The van der Waals surface area contributed by atoms with Crippen molar-refractivity contribution in [1.29, 1.82) is 0 Å². The molecule has 1 aliphatic carbocycles. The number of hydrogen-bond acceptors (Lipinski definition) is 5. The molecule has 5 nitrogen and oxygen atoms in total. The van der Waals surface area contributed by atoms with E-state index in [1.807, 2.05) is 32.0 Å². The van der Waals surface area contributed by atoms with Crippen molar-refractivity contribution in [3.05, 3.63) is 45.3 Å². The van der Waals surface area contributed by atoms with E-state index in [0.29, 0.717) is 16.3 Å². The largest absolute Gasteiger partial charge is 0.483 e. The first-order chi connectivity index (χ1) is 12.0. The number of rotatable bonds is 5. The minimum absolute atomic E-state index is 0.104. The van der Waals surface area contributed by atoms with Crippen LogP contribution in [0.25, 0.3) is 0 Å². The summed E-state index contributed by atoms with van der Waals surface area (Å²) in [6.07, 6.45) is 2.83. The normalized spacial score (nSPS) is 12.6. The number of carbonyl (C=O) groups is 2. The molecular weight excluding hydrogens is 338 g/mol. The highest BCUT2D eigenvalue weighted by molar-refractivity contribution is 7.17. The number of hydrogen-bond donors (Lipinski definition) is 1. The number of ether oxygens (including phenoxy) is 2. The lowest BCUT2D eigenvalue weighted by molar-refractivity contribution is -0.118. The molecule has 0 radical (unpaired) electrons. The van der Waals surface area contributed by atoms with Crippen LogP contribution in [0.1, 0.15) is 38.3 Å². The zero-order valence-electron chi connectivity index (χ0n) is 14.6. The second-order valence-electron chi connectivity index (χ2n) is 6.09. The molecule has 1 amide bonds. The van der Waals surface area contributed by atoms with E-state index < -0.39 is 5.97 Å². The highest BCUT2D eigenvalue weighted by Gasteiger charge is 2.28. The molecule has 1 aromatic heterocycles. The summed E-state index contributed by atoms with van der Waals surface area (Å²) in [7, 11) is 1.36. The lowest BCUT2D eigenvalue weighted by atomic mass is 10.1. The predicted octanol–water partition coefficient (Wildman–Crippen LogP) is 3.66. The molecule has 0 fully saturated rings. The number of anilines is 1. The maximum atomic E-state index is 12.3. The summed E-state index contributed by atoms with van der Waals surface area (Å²) in [6.45, 7) is 3.85. The molecule has 0 saturated heterocycles. The number of esters is 1. The molecule has 3 rings (SSSR count). The fourth-order valence-electron chi connectivity index (χ4n) is 3.00. The van der Waals surface area contributed by atoms with Gasteiger partial charge in [0.05, 0.1) is 12.7 Å². The van der Waals surface area contributed by atoms with E-state index in [2.05, 4.69) is 5.32 Å². The van der Waals surface area contributed by atoms with Crippen LogP contribution in [0.4, 0.5) is 5.00 Å². The Balaban J connectivity index is 1.71. The number of carbonyl (C=O) groups excluding carboxylic acids is 2. The Morgan fingerprint density at radius 3 is 2.80 bits per heavy atom. The SMILES string of the molecule is COC(=O)c1c(NC(=O)COc2cccc(C)c2C)sc2c1CCC2. The first-order valence-corrected chi connectivity index (χ1v) is 9.04. The number of nitrogens with one attached hydrogen (secondary N) is 1. The van der Waals surface area contributed by atoms with Crippen molar-refractivity contribution < 1.29 is 19.1 Å². The van der Waals surface area contributed by atoms with Crippen molar-refractivity contribution >= 4 is 28.2 Å². The van der Waals surface area contributed by atoms with Gasteiger partial charge in [-0.25, -0.2) is 4.79 Å². The molecule has 0 spiro atoms. The molecule has 1 N–H and O–H groups in total. The second-order valence-corrected chi connectivity index (χ2v) is 7.19. The average Bonchev–Trinajstić information content (AvgIpc) is 3.16. The van der Waals surface area contributed by atoms with E-state index in [0.717, 1.165) is 40.8 Å². The quantitative estimate of drug-likeness (QED) is 0.828. The van der Waals surface area contributed by atoms with E-state index in [1.165, 1.54) is 18.4 Å². The zero-order valence-corrected chi connectivity index (χ0v) is 15.4. The van der Waals surface area contributed by atoms with Gasteiger partial charge in [-0.2, -0.15) is 0 Å². The Kier molecular flexibility index (Phi) is 5.08. The number of thiophene rings is 1. The Labute approximate surface area is 151 Å². The first kappa shape index (κ1) is 17.5. The molecule has 0 unspecified atom stereocenters. The fraction of sp³-hybridized carbons (Fsp3) is 0.368. The minimum atomic E-state index is -0.398.